The first-order valence-electron chi connectivity index (χ1n) is 19.8. The summed E-state index contributed by atoms with van der Waals surface area (Å²) in [5.41, 5.74) is 0. The standard InChI is InChI=1S/C41H76O4/c1-4-7-10-12-14-16-18-20-22-24-26-28-30-32-34-37-40(42)45-39(41(43)44-38-35-9-6-3)36-33-31-29-27-25-23-21-19-17-15-13-11-8-5-2/h14,16,20,22,39H,4-13,15,17-19,21,23-38H2,1-3H3/b16-14-,22-20-. The van der Waals surface area contributed by atoms with Crippen molar-refractivity contribution in [2.24, 2.45) is 0 Å². The molecule has 0 aromatic carbocycles. The van der Waals surface area contributed by atoms with E-state index >= 15 is 0 Å². The fourth-order valence-electron chi connectivity index (χ4n) is 5.67. The zero-order valence-electron chi connectivity index (χ0n) is 30.4. The molecule has 0 amide bonds. The van der Waals surface area contributed by atoms with Gasteiger partial charge in [0.05, 0.1) is 6.61 Å². The lowest BCUT2D eigenvalue weighted by atomic mass is 10.0. The normalized spacial score (nSPS) is 12.3. The number of carbonyl (C=O) groups excluding carboxylic acids is 2. The van der Waals surface area contributed by atoms with Crippen molar-refractivity contribution in [2.45, 2.75) is 219 Å². The molecule has 0 aliphatic rings. The summed E-state index contributed by atoms with van der Waals surface area (Å²) in [6.07, 6.45) is 43.3. The second kappa shape index (κ2) is 36.9. The second-order valence-electron chi connectivity index (χ2n) is 13.2. The van der Waals surface area contributed by atoms with E-state index in [4.69, 9.17) is 9.47 Å². The van der Waals surface area contributed by atoms with Crippen LogP contribution in [0, 0.1) is 0 Å². The van der Waals surface area contributed by atoms with Gasteiger partial charge in [-0.1, -0.05) is 173 Å². The third-order valence-corrected chi connectivity index (χ3v) is 8.68. The number of esters is 2. The first kappa shape index (κ1) is 43.4. The highest BCUT2D eigenvalue weighted by atomic mass is 16.6. The first-order valence-corrected chi connectivity index (χ1v) is 19.8. The van der Waals surface area contributed by atoms with Gasteiger partial charge in [0.25, 0.3) is 0 Å². The van der Waals surface area contributed by atoms with Crippen molar-refractivity contribution < 1.29 is 19.1 Å². The maximum Gasteiger partial charge on any atom is 0.347 e. The summed E-state index contributed by atoms with van der Waals surface area (Å²) in [5, 5.41) is 0. The summed E-state index contributed by atoms with van der Waals surface area (Å²) < 4.78 is 11.2. The van der Waals surface area contributed by atoms with E-state index in [9.17, 15) is 9.59 Å². The molecule has 0 saturated carbocycles. The summed E-state index contributed by atoms with van der Waals surface area (Å²) in [7, 11) is 0. The fraction of sp³-hybridized carbons (Fsp3) is 0.854. The van der Waals surface area contributed by atoms with Gasteiger partial charge in [-0.15, -0.1) is 0 Å². The van der Waals surface area contributed by atoms with Crippen LogP contribution in [0.3, 0.4) is 0 Å². The molecule has 0 aliphatic heterocycles. The molecular formula is C41H76O4. The van der Waals surface area contributed by atoms with Crippen LogP contribution in [0.1, 0.15) is 213 Å². The van der Waals surface area contributed by atoms with Gasteiger partial charge in [0.1, 0.15) is 0 Å². The Morgan fingerprint density at radius 1 is 0.489 bits per heavy atom. The Kier molecular flexibility index (Phi) is 35.6. The Bertz CT molecular complexity index is 683. The highest BCUT2D eigenvalue weighted by Crippen LogP contribution is 2.16. The molecule has 0 aromatic rings. The summed E-state index contributed by atoms with van der Waals surface area (Å²) in [6, 6.07) is 0. The molecule has 1 atom stereocenters. The molecule has 0 bridgehead atoms. The third-order valence-electron chi connectivity index (χ3n) is 8.68. The Balaban J connectivity index is 4.03. The molecule has 0 heterocycles. The van der Waals surface area contributed by atoms with Crippen LogP contribution in [0.2, 0.25) is 0 Å². The molecule has 0 spiro atoms. The van der Waals surface area contributed by atoms with E-state index in [0.29, 0.717) is 19.4 Å². The highest BCUT2D eigenvalue weighted by molar-refractivity contribution is 5.79. The van der Waals surface area contributed by atoms with Crippen LogP contribution in [0.25, 0.3) is 0 Å². The second-order valence-corrected chi connectivity index (χ2v) is 13.2. The Hall–Kier alpha value is -1.58. The van der Waals surface area contributed by atoms with Crippen molar-refractivity contribution >= 4 is 11.9 Å². The lowest BCUT2D eigenvalue weighted by Gasteiger charge is -2.17. The van der Waals surface area contributed by atoms with Crippen molar-refractivity contribution in [2.75, 3.05) is 6.61 Å². The van der Waals surface area contributed by atoms with Gasteiger partial charge in [-0.2, -0.15) is 0 Å². The van der Waals surface area contributed by atoms with Gasteiger partial charge in [0.2, 0.25) is 0 Å². The van der Waals surface area contributed by atoms with Gasteiger partial charge in [-0.05, 0) is 57.8 Å². The molecule has 45 heavy (non-hydrogen) atoms. The Morgan fingerprint density at radius 3 is 1.47 bits per heavy atom. The first-order chi connectivity index (χ1) is 22.2. The quantitative estimate of drug-likeness (QED) is 0.0396. The van der Waals surface area contributed by atoms with Gasteiger partial charge in [-0.3, -0.25) is 4.79 Å². The molecule has 0 aliphatic carbocycles. The maximum absolute atomic E-state index is 12.7. The van der Waals surface area contributed by atoms with E-state index in [-0.39, 0.29) is 11.9 Å². The minimum atomic E-state index is -0.741. The molecule has 0 saturated heterocycles. The summed E-state index contributed by atoms with van der Waals surface area (Å²) in [5.74, 6) is -0.601. The van der Waals surface area contributed by atoms with Crippen molar-refractivity contribution in [3.8, 4) is 0 Å². The van der Waals surface area contributed by atoms with Crippen molar-refractivity contribution in [3.05, 3.63) is 24.3 Å². The molecular weight excluding hydrogens is 556 g/mol. The Morgan fingerprint density at radius 2 is 0.911 bits per heavy atom. The lowest BCUT2D eigenvalue weighted by molar-refractivity contribution is -0.168. The predicted molar refractivity (Wildman–Crippen MR) is 195 cm³/mol. The number of unbranched alkanes of at least 4 members (excludes halogenated alkanes) is 23. The SMILES string of the molecule is CCCCC/C=C\C/C=C\CCCCCCCC(=O)OC(CCCCCCCCCCCCCCCC)C(=O)OCCCCC. The molecule has 0 rings (SSSR count). The molecule has 0 N–H and O–H groups in total. The van der Waals surface area contributed by atoms with E-state index < -0.39 is 6.10 Å². The summed E-state index contributed by atoms with van der Waals surface area (Å²) in [6.45, 7) is 7.07. The molecule has 0 aromatic heterocycles. The van der Waals surface area contributed by atoms with Crippen LogP contribution in [0.15, 0.2) is 24.3 Å². The number of ether oxygens (including phenoxy) is 2. The van der Waals surface area contributed by atoms with Crippen LogP contribution in [0.4, 0.5) is 0 Å². The Labute approximate surface area is 281 Å². The van der Waals surface area contributed by atoms with Gasteiger partial charge < -0.3 is 9.47 Å². The fourth-order valence-corrected chi connectivity index (χ4v) is 5.67. The number of allylic oxidation sites excluding steroid dienone is 4. The highest BCUT2D eigenvalue weighted by Gasteiger charge is 2.24. The van der Waals surface area contributed by atoms with Gasteiger partial charge in [0.15, 0.2) is 6.10 Å². The molecule has 264 valence electrons. The molecule has 0 fully saturated rings. The van der Waals surface area contributed by atoms with E-state index in [1.807, 2.05) is 0 Å². The smallest absolute Gasteiger partial charge is 0.347 e. The number of carbonyl (C=O) groups is 2. The monoisotopic (exact) mass is 633 g/mol. The zero-order valence-corrected chi connectivity index (χ0v) is 30.4. The number of hydrogen-bond donors (Lipinski definition) is 0. The van der Waals surface area contributed by atoms with Crippen LogP contribution in [0.5, 0.6) is 0 Å². The number of hydrogen-bond acceptors (Lipinski definition) is 4. The summed E-state index contributed by atoms with van der Waals surface area (Å²) >= 11 is 0. The topological polar surface area (TPSA) is 52.6 Å². The van der Waals surface area contributed by atoms with Crippen LogP contribution >= 0.6 is 0 Å². The minimum Gasteiger partial charge on any atom is -0.463 e. The van der Waals surface area contributed by atoms with Crippen molar-refractivity contribution in [1.29, 1.82) is 0 Å². The largest absolute Gasteiger partial charge is 0.463 e. The average Bonchev–Trinajstić information content (AvgIpc) is 3.04. The van der Waals surface area contributed by atoms with E-state index in [1.54, 1.807) is 0 Å². The van der Waals surface area contributed by atoms with Crippen molar-refractivity contribution in [1.82, 2.24) is 0 Å². The van der Waals surface area contributed by atoms with E-state index in [2.05, 4.69) is 45.1 Å². The van der Waals surface area contributed by atoms with Crippen LogP contribution in [-0.2, 0) is 19.1 Å². The average molecular weight is 633 g/mol. The molecule has 1 unspecified atom stereocenters. The minimum absolute atomic E-state index is 0.249. The van der Waals surface area contributed by atoms with Crippen LogP contribution in [-0.4, -0.2) is 24.6 Å². The van der Waals surface area contributed by atoms with Gasteiger partial charge in [0, 0.05) is 6.42 Å². The van der Waals surface area contributed by atoms with Crippen LogP contribution < -0.4 is 0 Å². The zero-order chi connectivity index (χ0) is 32.9. The third kappa shape index (κ3) is 33.6. The number of rotatable bonds is 35. The molecule has 4 nitrogen and oxygen atoms in total. The van der Waals surface area contributed by atoms with E-state index in [1.165, 1.54) is 116 Å². The lowest BCUT2D eigenvalue weighted by Crippen LogP contribution is -2.29. The predicted octanol–water partition coefficient (Wildman–Crippen LogP) is 13.3. The van der Waals surface area contributed by atoms with Gasteiger partial charge >= 0.3 is 11.9 Å². The van der Waals surface area contributed by atoms with Crippen molar-refractivity contribution in [3.63, 3.8) is 0 Å². The molecule has 4 heteroatoms. The summed E-state index contributed by atoms with van der Waals surface area (Å²) in [4.78, 5) is 25.3. The maximum atomic E-state index is 12.7. The van der Waals surface area contributed by atoms with Gasteiger partial charge in [-0.25, -0.2) is 4.79 Å². The molecule has 0 radical (unpaired) electrons. The van der Waals surface area contributed by atoms with E-state index in [0.717, 1.165) is 64.2 Å².